The van der Waals surface area contributed by atoms with Gasteiger partial charge in [0.05, 0.1) is 12.5 Å². The summed E-state index contributed by atoms with van der Waals surface area (Å²) in [6.45, 7) is 5.50. The van der Waals surface area contributed by atoms with Crippen LogP contribution in [0.15, 0.2) is 0 Å². The molecule has 0 saturated heterocycles. The third-order valence-electron chi connectivity index (χ3n) is 5.08. The minimum Gasteiger partial charge on any atom is -0.481 e. The quantitative estimate of drug-likeness (QED) is 0.189. The lowest BCUT2D eigenvalue weighted by molar-refractivity contribution is -0.172. The van der Waals surface area contributed by atoms with Crippen molar-refractivity contribution in [2.45, 2.75) is 71.4 Å². The van der Waals surface area contributed by atoms with Gasteiger partial charge in [0.1, 0.15) is 12.6 Å². The standard InChI is InChI=1S/C21H39N3O7/c1-5-7-12-30-21(29)18(17(20(27)28)14(3)6-2)31-13-16(25)24-15(19(26)23-4)10-8-9-11-22/h14-15,17-18H,5-13,22H2,1-4H3,(H,23,26)(H,24,25)(H,27,28)/t14?,15-,17+,18+/m0/s1. The van der Waals surface area contributed by atoms with Gasteiger partial charge >= 0.3 is 11.9 Å². The van der Waals surface area contributed by atoms with Crippen LogP contribution in [0.5, 0.6) is 0 Å². The number of carbonyl (C=O) groups excluding carboxylic acids is 3. The predicted molar refractivity (Wildman–Crippen MR) is 115 cm³/mol. The first kappa shape index (κ1) is 28.8. The summed E-state index contributed by atoms with van der Waals surface area (Å²) in [6.07, 6.45) is 2.28. The van der Waals surface area contributed by atoms with E-state index in [9.17, 15) is 24.3 Å². The van der Waals surface area contributed by atoms with Crippen LogP contribution in [0.1, 0.15) is 59.3 Å². The molecule has 10 heteroatoms. The second kappa shape index (κ2) is 16.5. The maximum absolute atomic E-state index is 12.5. The highest BCUT2D eigenvalue weighted by molar-refractivity contribution is 5.88. The van der Waals surface area contributed by atoms with Crippen LogP contribution in [0, 0.1) is 11.8 Å². The van der Waals surface area contributed by atoms with Crippen LogP contribution >= 0.6 is 0 Å². The molecule has 180 valence electrons. The lowest BCUT2D eigenvalue weighted by atomic mass is 9.87. The van der Waals surface area contributed by atoms with Crippen LogP contribution in [0.4, 0.5) is 0 Å². The zero-order valence-electron chi connectivity index (χ0n) is 19.1. The summed E-state index contributed by atoms with van der Waals surface area (Å²) in [6, 6.07) is -0.771. The Labute approximate surface area is 184 Å². The first-order valence-corrected chi connectivity index (χ1v) is 10.9. The molecule has 2 amide bonds. The molecule has 0 aliphatic rings. The fourth-order valence-electron chi connectivity index (χ4n) is 2.98. The van der Waals surface area contributed by atoms with Gasteiger partial charge < -0.3 is 30.9 Å². The smallest absolute Gasteiger partial charge is 0.336 e. The first-order valence-electron chi connectivity index (χ1n) is 10.9. The highest BCUT2D eigenvalue weighted by atomic mass is 16.6. The summed E-state index contributed by atoms with van der Waals surface area (Å²) < 4.78 is 10.6. The van der Waals surface area contributed by atoms with Crippen molar-refractivity contribution in [2.75, 3.05) is 26.8 Å². The van der Waals surface area contributed by atoms with Crippen LogP contribution in [-0.4, -0.2) is 67.8 Å². The number of hydrogen-bond donors (Lipinski definition) is 4. The molecule has 0 aromatic heterocycles. The van der Waals surface area contributed by atoms with Crippen molar-refractivity contribution >= 4 is 23.8 Å². The molecule has 0 aliphatic heterocycles. The molecule has 0 aromatic carbocycles. The van der Waals surface area contributed by atoms with Gasteiger partial charge in [-0.3, -0.25) is 14.4 Å². The maximum Gasteiger partial charge on any atom is 0.336 e. The lowest BCUT2D eigenvalue weighted by Gasteiger charge is -2.27. The van der Waals surface area contributed by atoms with Gasteiger partial charge in [0.15, 0.2) is 6.10 Å². The molecule has 0 aliphatic carbocycles. The molecule has 0 saturated carbocycles. The highest BCUT2D eigenvalue weighted by Gasteiger charge is 2.39. The third kappa shape index (κ3) is 11.1. The Morgan fingerprint density at radius 3 is 2.29 bits per heavy atom. The average molecular weight is 446 g/mol. The van der Waals surface area contributed by atoms with Crippen molar-refractivity contribution in [3.05, 3.63) is 0 Å². The molecular formula is C21H39N3O7. The number of esters is 1. The fraction of sp³-hybridized carbons (Fsp3) is 0.810. The van der Waals surface area contributed by atoms with Crippen molar-refractivity contribution in [1.29, 1.82) is 0 Å². The number of carbonyl (C=O) groups is 4. The molecular weight excluding hydrogens is 406 g/mol. The number of aliphatic carboxylic acids is 1. The number of ether oxygens (including phenoxy) is 2. The summed E-state index contributed by atoms with van der Waals surface area (Å²) in [5.41, 5.74) is 5.47. The summed E-state index contributed by atoms with van der Waals surface area (Å²) in [4.78, 5) is 48.7. The average Bonchev–Trinajstić information content (AvgIpc) is 2.74. The van der Waals surface area contributed by atoms with E-state index in [1.54, 1.807) is 6.92 Å². The van der Waals surface area contributed by atoms with Gasteiger partial charge in [-0.2, -0.15) is 0 Å². The van der Waals surface area contributed by atoms with Gasteiger partial charge in [-0.05, 0) is 38.1 Å². The molecule has 5 N–H and O–H groups in total. The molecule has 0 fully saturated rings. The Morgan fingerprint density at radius 2 is 1.77 bits per heavy atom. The molecule has 10 nitrogen and oxygen atoms in total. The van der Waals surface area contributed by atoms with Gasteiger partial charge in [0, 0.05) is 7.05 Å². The van der Waals surface area contributed by atoms with E-state index in [0.717, 1.165) is 6.42 Å². The Bertz CT molecular complexity index is 571. The van der Waals surface area contributed by atoms with Crippen LogP contribution in [-0.2, 0) is 28.7 Å². The minimum absolute atomic E-state index is 0.147. The summed E-state index contributed by atoms with van der Waals surface area (Å²) >= 11 is 0. The van der Waals surface area contributed by atoms with Crippen molar-refractivity contribution in [1.82, 2.24) is 10.6 Å². The molecule has 1 unspecified atom stereocenters. The Kier molecular flexibility index (Phi) is 15.3. The van der Waals surface area contributed by atoms with E-state index in [-0.39, 0.29) is 18.4 Å². The number of carboxylic acids is 1. The zero-order valence-corrected chi connectivity index (χ0v) is 19.1. The van der Waals surface area contributed by atoms with Crippen molar-refractivity contribution in [2.24, 2.45) is 17.6 Å². The molecule has 31 heavy (non-hydrogen) atoms. The van der Waals surface area contributed by atoms with Crippen molar-refractivity contribution in [3.63, 3.8) is 0 Å². The number of nitrogens with two attached hydrogens (primary N) is 1. The van der Waals surface area contributed by atoms with E-state index in [0.29, 0.717) is 38.6 Å². The predicted octanol–water partition coefficient (Wildman–Crippen LogP) is 0.822. The van der Waals surface area contributed by atoms with E-state index >= 15 is 0 Å². The molecule has 0 radical (unpaired) electrons. The van der Waals surface area contributed by atoms with Crippen LogP contribution in [0.3, 0.4) is 0 Å². The number of likely N-dealkylation sites (N-methyl/N-ethyl adjacent to an activating group) is 1. The normalized spacial score (nSPS) is 14.7. The second-order valence-electron chi connectivity index (χ2n) is 7.52. The number of nitrogens with one attached hydrogen (secondary N) is 2. The van der Waals surface area contributed by atoms with Gasteiger partial charge in [0.25, 0.3) is 0 Å². The Balaban J connectivity index is 5.22. The monoisotopic (exact) mass is 445 g/mol. The van der Waals surface area contributed by atoms with E-state index in [2.05, 4.69) is 10.6 Å². The van der Waals surface area contributed by atoms with E-state index in [1.165, 1.54) is 7.05 Å². The summed E-state index contributed by atoms with van der Waals surface area (Å²) in [7, 11) is 1.47. The number of rotatable bonds is 17. The number of unbranched alkanes of at least 4 members (excludes halogenated alkanes) is 2. The topological polar surface area (TPSA) is 157 Å². The van der Waals surface area contributed by atoms with Crippen molar-refractivity contribution < 1.29 is 33.8 Å². The van der Waals surface area contributed by atoms with Crippen LogP contribution < -0.4 is 16.4 Å². The largest absolute Gasteiger partial charge is 0.481 e. The lowest BCUT2D eigenvalue weighted by Crippen LogP contribution is -2.48. The van der Waals surface area contributed by atoms with Crippen LogP contribution in [0.2, 0.25) is 0 Å². The van der Waals surface area contributed by atoms with Gasteiger partial charge in [0.2, 0.25) is 11.8 Å². The summed E-state index contributed by atoms with van der Waals surface area (Å²) in [5.74, 6) is -4.52. The van der Waals surface area contributed by atoms with Gasteiger partial charge in [-0.25, -0.2) is 4.79 Å². The van der Waals surface area contributed by atoms with E-state index in [1.807, 2.05) is 13.8 Å². The van der Waals surface area contributed by atoms with Crippen molar-refractivity contribution in [3.8, 4) is 0 Å². The molecule has 0 rings (SSSR count). The number of carboxylic acid groups (broad SMARTS) is 1. The third-order valence-corrected chi connectivity index (χ3v) is 5.08. The zero-order chi connectivity index (χ0) is 23.8. The minimum atomic E-state index is -1.43. The van der Waals surface area contributed by atoms with Gasteiger partial charge in [-0.1, -0.05) is 33.6 Å². The van der Waals surface area contributed by atoms with E-state index < -0.39 is 42.5 Å². The molecule has 0 spiro atoms. The second-order valence-corrected chi connectivity index (χ2v) is 7.52. The summed E-state index contributed by atoms with van der Waals surface area (Å²) in [5, 5.41) is 14.7. The Hall–Kier alpha value is -2.20. The molecule has 0 aromatic rings. The Morgan fingerprint density at radius 1 is 1.10 bits per heavy atom. The van der Waals surface area contributed by atoms with Gasteiger partial charge in [-0.15, -0.1) is 0 Å². The van der Waals surface area contributed by atoms with Crippen LogP contribution in [0.25, 0.3) is 0 Å². The fourth-order valence-corrected chi connectivity index (χ4v) is 2.98. The molecule has 0 bridgehead atoms. The maximum atomic E-state index is 12.5. The molecule has 4 atom stereocenters. The molecule has 0 heterocycles. The number of hydrogen-bond acceptors (Lipinski definition) is 7. The number of amides is 2. The van der Waals surface area contributed by atoms with E-state index in [4.69, 9.17) is 15.2 Å². The highest BCUT2D eigenvalue weighted by Crippen LogP contribution is 2.23. The first-order chi connectivity index (χ1) is 14.7. The SMILES string of the molecule is CCCCOC(=O)[C@H](OCC(=O)N[C@@H](CCCCN)C(=O)NC)[C@H](C(=O)O)C(C)CC.